The van der Waals surface area contributed by atoms with Gasteiger partial charge in [-0.3, -0.25) is 14.4 Å². The molecular formula is C26H30N2O5. The zero-order chi connectivity index (χ0) is 23.2. The molecule has 1 fully saturated rings. The molecule has 0 aromatic heterocycles. The first-order valence-electron chi connectivity index (χ1n) is 11.6. The normalized spacial score (nSPS) is 20.0. The maximum atomic E-state index is 12.4. The van der Waals surface area contributed by atoms with Gasteiger partial charge in [0, 0.05) is 24.6 Å². The van der Waals surface area contributed by atoms with Crippen LogP contribution in [0, 0.1) is 11.8 Å². The molecule has 2 aliphatic carbocycles. The number of ether oxygens (including phenoxy) is 1. The van der Waals surface area contributed by atoms with Crippen LogP contribution < -0.4 is 15.4 Å². The second kappa shape index (κ2) is 10.5. The summed E-state index contributed by atoms with van der Waals surface area (Å²) in [7, 11) is 0. The van der Waals surface area contributed by atoms with Crippen molar-refractivity contribution in [2.75, 3.05) is 13.1 Å². The SMILES string of the molecule is O=C(NCCNC(=O)C1Cc2ccccc2C1)c1ccc(OC2CCC(C(=O)O)CC2)cc1. The van der Waals surface area contributed by atoms with Crippen LogP contribution in [0.25, 0.3) is 0 Å². The van der Waals surface area contributed by atoms with Crippen molar-refractivity contribution in [3.63, 3.8) is 0 Å². The van der Waals surface area contributed by atoms with E-state index in [1.54, 1.807) is 24.3 Å². The number of hydrogen-bond donors (Lipinski definition) is 3. The molecule has 3 N–H and O–H groups in total. The maximum Gasteiger partial charge on any atom is 0.306 e. The van der Waals surface area contributed by atoms with Crippen LogP contribution in [0.5, 0.6) is 5.75 Å². The lowest BCUT2D eigenvalue weighted by Crippen LogP contribution is -2.37. The van der Waals surface area contributed by atoms with E-state index in [9.17, 15) is 14.4 Å². The third-order valence-electron chi connectivity index (χ3n) is 6.57. The van der Waals surface area contributed by atoms with Gasteiger partial charge in [0.1, 0.15) is 5.75 Å². The van der Waals surface area contributed by atoms with E-state index in [0.29, 0.717) is 37.2 Å². The Hall–Kier alpha value is -3.35. The van der Waals surface area contributed by atoms with Crippen molar-refractivity contribution in [2.45, 2.75) is 44.6 Å². The smallest absolute Gasteiger partial charge is 0.306 e. The predicted octanol–water partition coefficient (Wildman–Crippen LogP) is 2.97. The van der Waals surface area contributed by atoms with Gasteiger partial charge in [0.2, 0.25) is 5.91 Å². The maximum absolute atomic E-state index is 12.4. The molecule has 33 heavy (non-hydrogen) atoms. The van der Waals surface area contributed by atoms with Crippen LogP contribution in [-0.2, 0) is 22.4 Å². The molecule has 2 aromatic carbocycles. The van der Waals surface area contributed by atoms with Crippen LogP contribution in [0.4, 0.5) is 0 Å². The van der Waals surface area contributed by atoms with Crippen molar-refractivity contribution in [2.24, 2.45) is 11.8 Å². The molecule has 174 valence electrons. The van der Waals surface area contributed by atoms with E-state index in [1.165, 1.54) is 11.1 Å². The summed E-state index contributed by atoms with van der Waals surface area (Å²) in [5.74, 6) is -0.534. The van der Waals surface area contributed by atoms with Gasteiger partial charge in [-0.05, 0) is 73.9 Å². The first-order chi connectivity index (χ1) is 16.0. The average Bonchev–Trinajstić information content (AvgIpc) is 3.27. The van der Waals surface area contributed by atoms with Crippen LogP contribution in [0.2, 0.25) is 0 Å². The Bertz CT molecular complexity index is 971. The van der Waals surface area contributed by atoms with E-state index in [0.717, 1.165) is 25.7 Å². The van der Waals surface area contributed by atoms with E-state index >= 15 is 0 Å². The summed E-state index contributed by atoms with van der Waals surface area (Å²) in [5, 5.41) is 14.8. The highest BCUT2D eigenvalue weighted by Gasteiger charge is 2.27. The zero-order valence-corrected chi connectivity index (χ0v) is 18.6. The van der Waals surface area contributed by atoms with Gasteiger partial charge in [-0.2, -0.15) is 0 Å². The van der Waals surface area contributed by atoms with Gasteiger partial charge < -0.3 is 20.5 Å². The van der Waals surface area contributed by atoms with Crippen LogP contribution >= 0.6 is 0 Å². The fraction of sp³-hybridized carbons (Fsp3) is 0.423. The third-order valence-corrected chi connectivity index (χ3v) is 6.57. The number of nitrogens with one attached hydrogen (secondary N) is 2. The summed E-state index contributed by atoms with van der Waals surface area (Å²) in [4.78, 5) is 35.8. The van der Waals surface area contributed by atoms with Crippen molar-refractivity contribution in [3.8, 4) is 5.75 Å². The van der Waals surface area contributed by atoms with Crippen LogP contribution in [0.15, 0.2) is 48.5 Å². The number of carbonyl (C=O) groups is 3. The second-order valence-corrected chi connectivity index (χ2v) is 8.87. The quantitative estimate of drug-likeness (QED) is 0.537. The number of benzene rings is 2. The molecule has 0 radical (unpaired) electrons. The van der Waals surface area contributed by atoms with Crippen molar-refractivity contribution in [1.29, 1.82) is 0 Å². The Kier molecular flexibility index (Phi) is 7.27. The minimum Gasteiger partial charge on any atom is -0.490 e. The summed E-state index contributed by atoms with van der Waals surface area (Å²) in [6.45, 7) is 0.743. The first kappa shape index (κ1) is 22.8. The Labute approximate surface area is 193 Å². The number of aliphatic carboxylic acids is 1. The van der Waals surface area contributed by atoms with Crippen LogP contribution in [-0.4, -0.2) is 42.1 Å². The predicted molar refractivity (Wildman–Crippen MR) is 123 cm³/mol. The topological polar surface area (TPSA) is 105 Å². The van der Waals surface area contributed by atoms with E-state index in [4.69, 9.17) is 9.84 Å². The Morgan fingerprint density at radius 3 is 2.03 bits per heavy atom. The molecule has 1 saturated carbocycles. The molecule has 0 bridgehead atoms. The zero-order valence-electron chi connectivity index (χ0n) is 18.6. The highest BCUT2D eigenvalue weighted by atomic mass is 16.5. The fourth-order valence-electron chi connectivity index (χ4n) is 4.66. The van der Waals surface area contributed by atoms with Gasteiger partial charge in [-0.1, -0.05) is 24.3 Å². The summed E-state index contributed by atoms with van der Waals surface area (Å²) in [6, 6.07) is 15.1. The molecule has 0 heterocycles. The highest BCUT2D eigenvalue weighted by Crippen LogP contribution is 2.28. The summed E-state index contributed by atoms with van der Waals surface area (Å²) in [6.07, 6.45) is 4.25. The van der Waals surface area contributed by atoms with Crippen molar-refractivity contribution >= 4 is 17.8 Å². The summed E-state index contributed by atoms with van der Waals surface area (Å²) < 4.78 is 5.94. The molecule has 4 rings (SSSR count). The van der Waals surface area contributed by atoms with Gasteiger partial charge >= 0.3 is 5.97 Å². The summed E-state index contributed by atoms with van der Waals surface area (Å²) in [5.41, 5.74) is 3.01. The molecule has 0 atom stereocenters. The largest absolute Gasteiger partial charge is 0.490 e. The number of hydrogen-bond acceptors (Lipinski definition) is 4. The van der Waals surface area contributed by atoms with Crippen molar-refractivity contribution in [3.05, 3.63) is 65.2 Å². The Morgan fingerprint density at radius 2 is 1.42 bits per heavy atom. The minimum absolute atomic E-state index is 0.0107. The van der Waals surface area contributed by atoms with Crippen LogP contribution in [0.3, 0.4) is 0 Å². The number of carbonyl (C=O) groups excluding carboxylic acids is 2. The molecule has 7 heteroatoms. The van der Waals surface area contributed by atoms with Gasteiger partial charge in [0.25, 0.3) is 5.91 Å². The molecule has 0 spiro atoms. The fourth-order valence-corrected chi connectivity index (χ4v) is 4.66. The molecule has 0 aliphatic heterocycles. The van der Waals surface area contributed by atoms with Crippen molar-refractivity contribution < 1.29 is 24.2 Å². The highest BCUT2D eigenvalue weighted by molar-refractivity contribution is 5.94. The van der Waals surface area contributed by atoms with Gasteiger partial charge in [0.15, 0.2) is 0 Å². The average molecular weight is 451 g/mol. The lowest BCUT2D eigenvalue weighted by Gasteiger charge is -2.26. The summed E-state index contributed by atoms with van der Waals surface area (Å²) >= 11 is 0. The van der Waals surface area contributed by atoms with E-state index < -0.39 is 5.97 Å². The van der Waals surface area contributed by atoms with Gasteiger partial charge in [0.05, 0.1) is 12.0 Å². The Morgan fingerprint density at radius 1 is 0.818 bits per heavy atom. The number of amides is 2. The lowest BCUT2D eigenvalue weighted by molar-refractivity contribution is -0.143. The van der Waals surface area contributed by atoms with E-state index in [2.05, 4.69) is 22.8 Å². The van der Waals surface area contributed by atoms with Gasteiger partial charge in [-0.25, -0.2) is 0 Å². The van der Waals surface area contributed by atoms with Crippen molar-refractivity contribution in [1.82, 2.24) is 10.6 Å². The molecule has 2 aliphatic rings. The molecular weight excluding hydrogens is 420 g/mol. The third kappa shape index (κ3) is 5.92. The molecule has 2 amide bonds. The van der Waals surface area contributed by atoms with Gasteiger partial charge in [-0.15, -0.1) is 0 Å². The number of fused-ring (bicyclic) bond motifs is 1. The van der Waals surface area contributed by atoms with Crippen LogP contribution in [0.1, 0.15) is 47.2 Å². The molecule has 7 nitrogen and oxygen atoms in total. The van der Waals surface area contributed by atoms with E-state index in [-0.39, 0.29) is 29.8 Å². The molecule has 2 aromatic rings. The first-order valence-corrected chi connectivity index (χ1v) is 11.6. The molecule has 0 unspecified atom stereocenters. The van der Waals surface area contributed by atoms with E-state index in [1.807, 2.05) is 12.1 Å². The standard InChI is InChI=1S/C26H30N2O5/c29-24(27-13-14-28-25(30)21-15-19-3-1-2-4-20(19)16-21)17-5-9-22(10-6-17)33-23-11-7-18(8-12-23)26(31)32/h1-6,9-10,18,21,23H,7-8,11-16H2,(H,27,29)(H,28,30)(H,31,32). The Balaban J connectivity index is 1.15. The second-order valence-electron chi connectivity index (χ2n) is 8.87. The number of carboxylic acids is 1. The monoisotopic (exact) mass is 450 g/mol. The minimum atomic E-state index is -0.729. The number of rotatable bonds is 8. The number of carboxylic acid groups (broad SMARTS) is 1. The lowest BCUT2D eigenvalue weighted by atomic mass is 9.87. The molecule has 0 saturated heterocycles.